The van der Waals surface area contributed by atoms with Crippen LogP contribution in [0.5, 0.6) is 5.75 Å². The number of nitrogens with one attached hydrogen (secondary N) is 2. The summed E-state index contributed by atoms with van der Waals surface area (Å²) < 4.78 is 12.4. The van der Waals surface area contributed by atoms with E-state index in [-0.39, 0.29) is 66.6 Å². The first-order valence-electron chi connectivity index (χ1n) is 20.8. The topological polar surface area (TPSA) is 249 Å². The summed E-state index contributed by atoms with van der Waals surface area (Å²) in [5, 5.41) is 46.6. The third-order valence-corrected chi connectivity index (χ3v) is 11.8. The van der Waals surface area contributed by atoms with Gasteiger partial charge in [0, 0.05) is 83.1 Å². The number of hydrogen-bond donors (Lipinski definition) is 6. The molecular weight excluding hydrogens is 931 g/mol. The number of rotatable bonds is 11. The molecule has 0 fully saturated rings. The fourth-order valence-corrected chi connectivity index (χ4v) is 8.61. The van der Waals surface area contributed by atoms with Gasteiger partial charge in [-0.2, -0.15) is 0 Å². The molecule has 8 rings (SSSR count). The van der Waals surface area contributed by atoms with Crippen LogP contribution in [0, 0.1) is 11.8 Å². The van der Waals surface area contributed by atoms with Crippen LogP contribution in [-0.2, 0) is 11.3 Å². The van der Waals surface area contributed by atoms with Crippen LogP contribution in [0.15, 0.2) is 110 Å². The summed E-state index contributed by atoms with van der Waals surface area (Å²) in [5.41, 5.74) is 0.856. The number of aromatic carboxylic acids is 3. The Hall–Kier alpha value is -8.65. The highest BCUT2D eigenvalue weighted by Gasteiger charge is 2.30. The highest BCUT2D eigenvalue weighted by atomic mass is 35.5. The van der Waals surface area contributed by atoms with E-state index in [1.165, 1.54) is 48.5 Å². The Balaban J connectivity index is 1.06. The molecule has 0 radical (unpaired) electrons. The first-order chi connectivity index (χ1) is 33.0. The van der Waals surface area contributed by atoms with Crippen LogP contribution in [0.3, 0.4) is 0 Å². The van der Waals surface area contributed by atoms with E-state index in [9.17, 15) is 49.2 Å². The van der Waals surface area contributed by atoms with Crippen LogP contribution < -0.4 is 26.3 Å². The Bertz CT molecular complexity index is 3640. The minimum atomic E-state index is -1.46. The van der Waals surface area contributed by atoms with Crippen molar-refractivity contribution in [1.29, 1.82) is 0 Å². The number of aromatic hydroxyl groups is 1. The van der Waals surface area contributed by atoms with E-state index in [1.54, 1.807) is 30.3 Å². The predicted molar refractivity (Wildman–Crippen MR) is 258 cm³/mol. The SMILES string of the molecule is CC/N=c1\ccc2c(-c3c(Cl)cc(C(=O)NCC#CC(=O)NCc4c5oc6cc(O)ccc6c(-c6ccc(C(=O)O)cc6C(=O)O)c-5ccc4=O)c(Cl)c3C(=O)O)c3ccc(N(C)C)cc3oc-2c1. The number of benzene rings is 6. The quantitative estimate of drug-likeness (QED) is 0.0529. The van der Waals surface area contributed by atoms with E-state index in [4.69, 9.17) is 32.0 Å². The van der Waals surface area contributed by atoms with Gasteiger partial charge in [0.1, 0.15) is 28.4 Å². The van der Waals surface area contributed by atoms with E-state index in [2.05, 4.69) is 27.5 Å². The molecule has 18 heteroatoms. The molecule has 69 heavy (non-hydrogen) atoms. The molecule has 4 aliphatic rings. The van der Waals surface area contributed by atoms with E-state index in [0.717, 1.165) is 11.8 Å². The third-order valence-electron chi connectivity index (χ3n) is 11.1. The number of carboxylic acids is 3. The Morgan fingerprint density at radius 1 is 0.725 bits per heavy atom. The van der Waals surface area contributed by atoms with Crippen molar-refractivity contribution >= 4 is 80.6 Å². The lowest BCUT2D eigenvalue weighted by molar-refractivity contribution is -0.115. The maximum absolute atomic E-state index is 13.6. The standard InChI is InChI=1S/C51H36Cl2N4O12/c1-4-54-25-8-12-30-38(19-25)68-39-20-26(57(2)3)9-13-31(39)43(30)44-36(52)22-34(46(53)45(44)51(66)67)48(61)55-17-5-6-41(60)56-23-35-37(59)16-15-32-42(29-14-10-27(58)21-40(29)69-47(32)35)28-11-7-24(49(62)63)18-33(28)50(64)65/h7-16,18-22,58H,4,17,23H2,1-3H3,(H,55,61)(H,56,60)(H,62,63)(H,64,65)(H,66,67)/b54-25+. The number of phenolic OH excluding ortho intramolecular Hbond substituents is 1. The molecule has 0 atom stereocenters. The highest BCUT2D eigenvalue weighted by molar-refractivity contribution is 6.41. The highest BCUT2D eigenvalue weighted by Crippen LogP contribution is 2.47. The average molecular weight is 968 g/mol. The third kappa shape index (κ3) is 8.99. The van der Waals surface area contributed by atoms with Crippen molar-refractivity contribution in [2.45, 2.75) is 13.5 Å². The number of carbonyl (C=O) groups excluding carboxylic acids is 2. The monoisotopic (exact) mass is 966 g/mol. The van der Waals surface area contributed by atoms with Crippen molar-refractivity contribution < 1.29 is 53.2 Å². The van der Waals surface area contributed by atoms with Crippen molar-refractivity contribution in [2.24, 2.45) is 4.99 Å². The normalized spacial score (nSPS) is 11.4. The summed E-state index contributed by atoms with van der Waals surface area (Å²) >= 11 is 13.7. The van der Waals surface area contributed by atoms with E-state index in [1.807, 2.05) is 32.0 Å². The molecule has 4 aromatic rings. The molecule has 16 nitrogen and oxygen atoms in total. The summed E-state index contributed by atoms with van der Waals surface area (Å²) in [4.78, 5) is 83.4. The number of hydrogen-bond acceptors (Lipinski definition) is 11. The number of carbonyl (C=O) groups is 5. The van der Waals surface area contributed by atoms with Gasteiger partial charge in [-0.25, -0.2) is 14.4 Å². The predicted octanol–water partition coefficient (Wildman–Crippen LogP) is 8.23. The summed E-state index contributed by atoms with van der Waals surface area (Å²) in [5.74, 6) is -1.01. The zero-order chi connectivity index (χ0) is 49.4. The molecule has 4 aromatic carbocycles. The molecule has 0 saturated heterocycles. The molecule has 346 valence electrons. The van der Waals surface area contributed by atoms with Gasteiger partial charge >= 0.3 is 17.9 Å². The van der Waals surface area contributed by atoms with Gasteiger partial charge in [0.25, 0.3) is 11.8 Å². The molecule has 0 saturated carbocycles. The molecule has 2 heterocycles. The zero-order valence-electron chi connectivity index (χ0n) is 36.5. The molecule has 6 N–H and O–H groups in total. The number of phenols is 1. The minimum Gasteiger partial charge on any atom is -0.508 e. The maximum atomic E-state index is 13.6. The van der Waals surface area contributed by atoms with Crippen LogP contribution in [0.2, 0.25) is 10.0 Å². The number of nitrogens with zero attached hydrogens (tertiary/aromatic N) is 2. The Morgan fingerprint density at radius 3 is 2.14 bits per heavy atom. The van der Waals surface area contributed by atoms with Gasteiger partial charge in [0.05, 0.1) is 56.3 Å². The Morgan fingerprint density at radius 2 is 1.43 bits per heavy atom. The van der Waals surface area contributed by atoms with Crippen molar-refractivity contribution in [3.8, 4) is 62.5 Å². The first kappa shape index (κ1) is 46.9. The van der Waals surface area contributed by atoms with E-state index < -0.39 is 58.8 Å². The number of carboxylic acid groups (broad SMARTS) is 3. The fourth-order valence-electron chi connectivity index (χ4n) is 8.00. The molecule has 0 aromatic heterocycles. The minimum absolute atomic E-state index is 0.0469. The van der Waals surface area contributed by atoms with E-state index >= 15 is 0 Å². The van der Waals surface area contributed by atoms with Gasteiger partial charge in [-0.3, -0.25) is 19.4 Å². The van der Waals surface area contributed by atoms with Crippen LogP contribution in [-0.4, -0.2) is 77.3 Å². The van der Waals surface area contributed by atoms with Gasteiger partial charge in [-0.05, 0) is 85.1 Å². The Labute approximate surface area is 400 Å². The molecule has 2 aliphatic heterocycles. The smallest absolute Gasteiger partial charge is 0.337 e. The Kier molecular flexibility index (Phi) is 12.8. The second-order valence-corrected chi connectivity index (χ2v) is 16.4. The van der Waals surface area contributed by atoms with Gasteiger partial charge in [0.15, 0.2) is 5.43 Å². The van der Waals surface area contributed by atoms with E-state index in [0.29, 0.717) is 45.1 Å². The van der Waals surface area contributed by atoms with Crippen molar-refractivity contribution in [1.82, 2.24) is 10.6 Å². The van der Waals surface area contributed by atoms with Crippen LogP contribution in [0.1, 0.15) is 53.9 Å². The van der Waals surface area contributed by atoms with Gasteiger partial charge in [-0.1, -0.05) is 35.2 Å². The van der Waals surface area contributed by atoms with Crippen molar-refractivity contribution in [3.63, 3.8) is 0 Å². The van der Waals surface area contributed by atoms with Gasteiger partial charge < -0.3 is 44.8 Å². The lowest BCUT2D eigenvalue weighted by Crippen LogP contribution is -2.27. The molecule has 0 bridgehead atoms. The second kappa shape index (κ2) is 18.9. The number of amides is 2. The maximum Gasteiger partial charge on any atom is 0.337 e. The van der Waals surface area contributed by atoms with Crippen molar-refractivity contribution in [3.05, 3.63) is 144 Å². The lowest BCUT2D eigenvalue weighted by Gasteiger charge is -2.21. The summed E-state index contributed by atoms with van der Waals surface area (Å²) in [6.45, 7) is 1.56. The number of anilines is 1. The van der Waals surface area contributed by atoms with Crippen LogP contribution >= 0.6 is 23.2 Å². The summed E-state index contributed by atoms with van der Waals surface area (Å²) in [7, 11) is 3.73. The molecule has 0 spiro atoms. The number of fused-ring (bicyclic) bond motifs is 4. The first-order valence-corrected chi connectivity index (χ1v) is 21.5. The summed E-state index contributed by atoms with van der Waals surface area (Å²) in [6, 6.07) is 22.2. The van der Waals surface area contributed by atoms with Crippen LogP contribution in [0.25, 0.3) is 66.8 Å². The molecular formula is C51H36Cl2N4O12. The van der Waals surface area contributed by atoms with Crippen molar-refractivity contribution in [2.75, 3.05) is 32.1 Å². The average Bonchev–Trinajstić information content (AvgIpc) is 3.31. The molecule has 2 aliphatic carbocycles. The van der Waals surface area contributed by atoms with Gasteiger partial charge in [0.2, 0.25) is 0 Å². The zero-order valence-corrected chi connectivity index (χ0v) is 38.0. The van der Waals surface area contributed by atoms with Crippen LogP contribution in [0.4, 0.5) is 5.69 Å². The molecule has 0 unspecified atom stereocenters. The van der Waals surface area contributed by atoms with Gasteiger partial charge in [-0.15, -0.1) is 0 Å². The second-order valence-electron chi connectivity index (χ2n) is 15.6. The fraction of sp³-hybridized carbons (Fsp3) is 0.118. The largest absolute Gasteiger partial charge is 0.508 e. The molecule has 2 amide bonds. The lowest BCUT2D eigenvalue weighted by atomic mass is 9.88. The summed E-state index contributed by atoms with van der Waals surface area (Å²) in [6.07, 6.45) is 0. The number of halogens is 2.